The molecule has 23 heavy (non-hydrogen) atoms. The number of benzene rings is 1. The molecular weight excluding hydrogens is 308 g/mol. The second-order valence-electron chi connectivity index (χ2n) is 5.78. The number of imide groups is 1. The summed E-state index contributed by atoms with van der Waals surface area (Å²) < 4.78 is 27.4. The first-order valence-electron chi connectivity index (χ1n) is 7.41. The minimum absolute atomic E-state index is 0.111. The number of carbonyl (C=O) groups excluding carboxylic acids is 2. The zero-order valence-corrected chi connectivity index (χ0v) is 12.3. The summed E-state index contributed by atoms with van der Waals surface area (Å²) in [4.78, 5) is 26.4. The number of nitrogens with one attached hydrogen (secondary N) is 1. The summed E-state index contributed by atoms with van der Waals surface area (Å²) in [5.41, 5.74) is 0.111. The molecule has 2 heterocycles. The Morgan fingerprint density at radius 3 is 2.87 bits per heavy atom. The number of likely N-dealkylation sites (tertiary alicyclic amines) is 1. The molecule has 6 nitrogen and oxygen atoms in total. The quantitative estimate of drug-likeness (QED) is 0.855. The molecule has 2 aliphatic rings. The summed E-state index contributed by atoms with van der Waals surface area (Å²) in [5.74, 6) is -1.58. The van der Waals surface area contributed by atoms with E-state index >= 15 is 0 Å². The van der Waals surface area contributed by atoms with Crippen molar-refractivity contribution in [1.29, 1.82) is 0 Å². The number of nitrogens with zero attached hydrogens (tertiary/aromatic N) is 2. The van der Waals surface area contributed by atoms with Crippen LogP contribution < -0.4 is 5.32 Å². The van der Waals surface area contributed by atoms with Crippen LogP contribution in [0.15, 0.2) is 18.2 Å². The summed E-state index contributed by atoms with van der Waals surface area (Å²) in [5, 5.41) is 12.4. The van der Waals surface area contributed by atoms with E-state index in [-0.39, 0.29) is 31.6 Å². The Morgan fingerprint density at radius 2 is 2.17 bits per heavy atom. The van der Waals surface area contributed by atoms with Gasteiger partial charge in [0, 0.05) is 31.2 Å². The van der Waals surface area contributed by atoms with Gasteiger partial charge in [0.15, 0.2) is 0 Å². The maximum absolute atomic E-state index is 14.0. The van der Waals surface area contributed by atoms with Crippen LogP contribution in [0.5, 0.6) is 0 Å². The first-order chi connectivity index (χ1) is 11.0. The molecule has 8 heteroatoms. The van der Waals surface area contributed by atoms with Crippen molar-refractivity contribution in [1.82, 2.24) is 15.1 Å². The molecule has 1 aromatic rings. The van der Waals surface area contributed by atoms with Gasteiger partial charge in [0.2, 0.25) is 5.91 Å². The second kappa shape index (κ2) is 6.21. The van der Waals surface area contributed by atoms with Crippen LogP contribution in [-0.2, 0) is 4.79 Å². The average molecular weight is 325 g/mol. The minimum Gasteiger partial charge on any atom is -0.392 e. The molecular formula is C15H17F2N3O3. The zero-order chi connectivity index (χ0) is 16.6. The van der Waals surface area contributed by atoms with Gasteiger partial charge in [-0.3, -0.25) is 14.6 Å². The second-order valence-corrected chi connectivity index (χ2v) is 5.78. The molecule has 2 fully saturated rings. The van der Waals surface area contributed by atoms with Gasteiger partial charge in [0.25, 0.3) is 0 Å². The van der Waals surface area contributed by atoms with Crippen LogP contribution in [0.3, 0.4) is 0 Å². The fourth-order valence-electron chi connectivity index (χ4n) is 3.12. The van der Waals surface area contributed by atoms with E-state index in [4.69, 9.17) is 0 Å². The van der Waals surface area contributed by atoms with Crippen LogP contribution >= 0.6 is 0 Å². The van der Waals surface area contributed by atoms with Gasteiger partial charge in [-0.2, -0.15) is 0 Å². The number of halogens is 2. The van der Waals surface area contributed by atoms with Gasteiger partial charge in [0.1, 0.15) is 11.6 Å². The zero-order valence-electron chi connectivity index (χ0n) is 12.3. The minimum atomic E-state index is -0.733. The van der Waals surface area contributed by atoms with Crippen LogP contribution in [0.25, 0.3) is 0 Å². The van der Waals surface area contributed by atoms with Crippen LogP contribution in [0, 0.1) is 11.6 Å². The smallest absolute Gasteiger partial charge is 0.324 e. The predicted octanol–water partition coefficient (Wildman–Crippen LogP) is 0.624. The van der Waals surface area contributed by atoms with Crippen molar-refractivity contribution in [3.05, 3.63) is 35.4 Å². The summed E-state index contributed by atoms with van der Waals surface area (Å²) >= 11 is 0. The molecule has 0 radical (unpaired) electrons. The lowest BCUT2D eigenvalue weighted by molar-refractivity contribution is -0.129. The average Bonchev–Trinajstić information content (AvgIpc) is 3.07. The van der Waals surface area contributed by atoms with E-state index < -0.39 is 35.7 Å². The highest BCUT2D eigenvalue weighted by Crippen LogP contribution is 2.33. The molecule has 0 bridgehead atoms. The van der Waals surface area contributed by atoms with Crippen molar-refractivity contribution >= 4 is 11.9 Å². The summed E-state index contributed by atoms with van der Waals surface area (Å²) in [7, 11) is 0. The van der Waals surface area contributed by atoms with E-state index in [1.54, 1.807) is 4.90 Å². The molecule has 2 saturated heterocycles. The highest BCUT2D eigenvalue weighted by molar-refractivity contribution is 5.96. The number of rotatable bonds is 3. The number of β-amino-alcohol motifs (C(OH)–C–C–N with tert-alkyl or cyclic N) is 1. The third-order valence-electron chi connectivity index (χ3n) is 4.19. The first kappa shape index (κ1) is 15.8. The SMILES string of the molecule is O=C(CN1C[C@@H](O)C[C@@H]1c1cc(F)ccc1F)N1CCNC1=O. The molecule has 1 aromatic carbocycles. The Kier molecular flexibility index (Phi) is 4.27. The van der Waals surface area contributed by atoms with Gasteiger partial charge in [-0.15, -0.1) is 0 Å². The predicted molar refractivity (Wildman–Crippen MR) is 76.4 cm³/mol. The summed E-state index contributed by atoms with van der Waals surface area (Å²) in [6.07, 6.45) is -0.525. The number of amides is 3. The standard InChI is InChI=1S/C15H17F2N3O3/c16-9-1-2-12(17)11(5-9)13-6-10(21)7-19(13)8-14(22)20-4-3-18-15(20)23/h1-2,5,10,13,21H,3-4,6-8H2,(H,18,23)/t10-,13+/m0/s1. The lowest BCUT2D eigenvalue weighted by atomic mass is 10.0. The monoisotopic (exact) mass is 325 g/mol. The van der Waals surface area contributed by atoms with Crippen LogP contribution in [-0.4, -0.2) is 59.1 Å². The van der Waals surface area contributed by atoms with Gasteiger partial charge in [-0.1, -0.05) is 0 Å². The molecule has 2 aliphatic heterocycles. The van der Waals surface area contributed by atoms with Crippen molar-refractivity contribution in [2.45, 2.75) is 18.6 Å². The van der Waals surface area contributed by atoms with E-state index in [1.165, 1.54) is 0 Å². The third kappa shape index (κ3) is 3.18. The van der Waals surface area contributed by atoms with Crippen molar-refractivity contribution < 1.29 is 23.5 Å². The van der Waals surface area contributed by atoms with Crippen LogP contribution in [0.2, 0.25) is 0 Å². The van der Waals surface area contributed by atoms with Crippen LogP contribution in [0.1, 0.15) is 18.0 Å². The van der Waals surface area contributed by atoms with Gasteiger partial charge in [-0.25, -0.2) is 13.6 Å². The number of hydrogen-bond acceptors (Lipinski definition) is 4. The van der Waals surface area contributed by atoms with Crippen molar-refractivity contribution in [3.8, 4) is 0 Å². The molecule has 2 N–H and O–H groups in total. The number of aliphatic hydroxyl groups is 1. The van der Waals surface area contributed by atoms with E-state index in [0.717, 1.165) is 23.1 Å². The van der Waals surface area contributed by atoms with Gasteiger partial charge < -0.3 is 10.4 Å². The Bertz CT molecular complexity index is 640. The summed E-state index contributed by atoms with van der Waals surface area (Å²) in [6.45, 7) is 0.717. The first-order valence-corrected chi connectivity index (χ1v) is 7.41. The van der Waals surface area contributed by atoms with Crippen LogP contribution in [0.4, 0.5) is 13.6 Å². The van der Waals surface area contributed by atoms with Crippen molar-refractivity contribution in [3.63, 3.8) is 0 Å². The van der Waals surface area contributed by atoms with Gasteiger partial charge in [0.05, 0.1) is 12.6 Å². The lowest BCUT2D eigenvalue weighted by Crippen LogP contribution is -2.42. The molecule has 2 atom stereocenters. The molecule has 0 unspecified atom stereocenters. The number of urea groups is 1. The molecule has 3 rings (SSSR count). The molecule has 3 amide bonds. The Morgan fingerprint density at radius 1 is 1.39 bits per heavy atom. The largest absolute Gasteiger partial charge is 0.392 e. The van der Waals surface area contributed by atoms with E-state index in [2.05, 4.69) is 5.32 Å². The number of carbonyl (C=O) groups is 2. The van der Waals surface area contributed by atoms with E-state index in [9.17, 15) is 23.5 Å². The van der Waals surface area contributed by atoms with Gasteiger partial charge in [-0.05, 0) is 24.6 Å². The van der Waals surface area contributed by atoms with Crippen molar-refractivity contribution in [2.75, 3.05) is 26.2 Å². The highest BCUT2D eigenvalue weighted by Gasteiger charge is 2.37. The van der Waals surface area contributed by atoms with E-state index in [1.807, 2.05) is 0 Å². The topological polar surface area (TPSA) is 72.9 Å². The molecule has 0 saturated carbocycles. The Balaban J connectivity index is 1.78. The molecule has 124 valence electrons. The maximum Gasteiger partial charge on any atom is 0.324 e. The Labute approximate surface area is 131 Å². The van der Waals surface area contributed by atoms with Gasteiger partial charge >= 0.3 is 6.03 Å². The maximum atomic E-state index is 14.0. The molecule has 0 aliphatic carbocycles. The summed E-state index contributed by atoms with van der Waals surface area (Å²) in [6, 6.07) is 2.08. The molecule has 0 aromatic heterocycles. The lowest BCUT2D eigenvalue weighted by Gasteiger charge is -2.25. The number of aliphatic hydroxyl groups excluding tert-OH is 1. The van der Waals surface area contributed by atoms with E-state index in [0.29, 0.717) is 6.54 Å². The normalized spacial score (nSPS) is 25.0. The Hall–Kier alpha value is -2.06. The molecule has 0 spiro atoms. The fraction of sp³-hybridized carbons (Fsp3) is 0.467. The highest BCUT2D eigenvalue weighted by atomic mass is 19.1. The van der Waals surface area contributed by atoms with Crippen molar-refractivity contribution in [2.24, 2.45) is 0 Å². The fourth-order valence-corrected chi connectivity index (χ4v) is 3.12. The number of hydrogen-bond donors (Lipinski definition) is 2. The third-order valence-corrected chi connectivity index (χ3v) is 4.19.